The summed E-state index contributed by atoms with van der Waals surface area (Å²) in [6, 6.07) is 12.8. The highest BCUT2D eigenvalue weighted by atomic mass is 19.1. The number of rotatable bonds is 6. The van der Waals surface area contributed by atoms with Crippen molar-refractivity contribution in [1.82, 2.24) is 4.90 Å². The van der Waals surface area contributed by atoms with E-state index in [1.165, 1.54) is 17.0 Å². The van der Waals surface area contributed by atoms with Crippen LogP contribution >= 0.6 is 0 Å². The van der Waals surface area contributed by atoms with Crippen molar-refractivity contribution in [2.75, 3.05) is 24.6 Å². The summed E-state index contributed by atoms with van der Waals surface area (Å²) in [5.74, 6) is -0.0720. The Hall–Kier alpha value is -3.15. The largest absolute Gasteiger partial charge is 0.494 e. The number of hydrogen-bond acceptors (Lipinski definition) is 4. The van der Waals surface area contributed by atoms with Crippen LogP contribution in [0.1, 0.15) is 38.7 Å². The van der Waals surface area contributed by atoms with Crippen LogP contribution < -0.4 is 9.64 Å². The van der Waals surface area contributed by atoms with Gasteiger partial charge in [0.15, 0.2) is 0 Å². The van der Waals surface area contributed by atoms with Crippen molar-refractivity contribution < 1.29 is 18.7 Å². The van der Waals surface area contributed by atoms with Gasteiger partial charge in [-0.15, -0.1) is 0 Å². The van der Waals surface area contributed by atoms with Gasteiger partial charge in [-0.25, -0.2) is 9.29 Å². The van der Waals surface area contributed by atoms with E-state index in [0.717, 1.165) is 25.8 Å². The van der Waals surface area contributed by atoms with Crippen LogP contribution in [0.3, 0.4) is 0 Å². The molecule has 162 valence electrons. The lowest BCUT2D eigenvalue weighted by molar-refractivity contribution is -0.120. The standard InChI is InChI=1S/C25H27FN2O3/c1-3-14-31-21-8-4-7-20(15-21)28-24(29)22(18-9-11-19(26)12-10-18)23(25(28)30)27-13-5-6-17(2)16-27/h4,7-12,15,17H,3,5-6,13-14,16H2,1-2H3. The molecule has 0 aromatic heterocycles. The lowest BCUT2D eigenvalue weighted by Gasteiger charge is -2.33. The predicted octanol–water partition coefficient (Wildman–Crippen LogP) is 4.63. The molecule has 6 heteroatoms. The van der Waals surface area contributed by atoms with E-state index >= 15 is 0 Å². The molecule has 2 aromatic rings. The highest BCUT2D eigenvalue weighted by Crippen LogP contribution is 2.37. The first-order valence-corrected chi connectivity index (χ1v) is 10.9. The minimum Gasteiger partial charge on any atom is -0.494 e. The second-order valence-electron chi connectivity index (χ2n) is 8.22. The van der Waals surface area contributed by atoms with E-state index < -0.39 is 5.91 Å². The lowest BCUT2D eigenvalue weighted by Crippen LogP contribution is -2.39. The first-order valence-electron chi connectivity index (χ1n) is 10.9. The molecule has 1 unspecified atom stereocenters. The van der Waals surface area contributed by atoms with Crippen molar-refractivity contribution in [3.05, 3.63) is 65.6 Å². The van der Waals surface area contributed by atoms with Gasteiger partial charge < -0.3 is 9.64 Å². The number of imide groups is 1. The SMILES string of the molecule is CCCOc1cccc(N2C(=O)C(c3ccc(F)cc3)=C(N3CCCC(C)C3)C2=O)c1. The summed E-state index contributed by atoms with van der Waals surface area (Å²) >= 11 is 0. The average Bonchev–Trinajstić information content (AvgIpc) is 3.03. The van der Waals surface area contributed by atoms with Crippen LogP contribution in [-0.4, -0.2) is 36.4 Å². The maximum atomic E-state index is 13.6. The van der Waals surface area contributed by atoms with Crippen molar-refractivity contribution >= 4 is 23.1 Å². The molecule has 0 spiro atoms. The summed E-state index contributed by atoms with van der Waals surface area (Å²) in [7, 11) is 0. The van der Waals surface area contributed by atoms with Gasteiger partial charge >= 0.3 is 0 Å². The first kappa shape index (κ1) is 21.1. The van der Waals surface area contributed by atoms with Gasteiger partial charge in [0.2, 0.25) is 0 Å². The van der Waals surface area contributed by atoms with Crippen molar-refractivity contribution in [2.45, 2.75) is 33.1 Å². The van der Waals surface area contributed by atoms with Crippen LogP contribution in [0.4, 0.5) is 10.1 Å². The van der Waals surface area contributed by atoms with Crippen LogP contribution in [0.2, 0.25) is 0 Å². The average molecular weight is 423 g/mol. The van der Waals surface area contributed by atoms with Gasteiger partial charge in [-0.3, -0.25) is 9.59 Å². The predicted molar refractivity (Wildman–Crippen MR) is 118 cm³/mol. The molecule has 2 aromatic carbocycles. The van der Waals surface area contributed by atoms with E-state index in [9.17, 15) is 14.0 Å². The molecule has 2 aliphatic heterocycles. The van der Waals surface area contributed by atoms with Gasteiger partial charge in [-0.1, -0.05) is 32.0 Å². The smallest absolute Gasteiger partial charge is 0.282 e. The fourth-order valence-electron chi connectivity index (χ4n) is 4.25. The second kappa shape index (κ2) is 8.92. The molecule has 0 saturated carbocycles. The Morgan fingerprint density at radius 3 is 2.58 bits per heavy atom. The zero-order valence-corrected chi connectivity index (χ0v) is 17.9. The third kappa shape index (κ3) is 4.20. The maximum Gasteiger partial charge on any atom is 0.282 e. The van der Waals surface area contributed by atoms with Crippen molar-refractivity contribution in [2.24, 2.45) is 5.92 Å². The summed E-state index contributed by atoms with van der Waals surface area (Å²) in [6.45, 7) is 6.16. The van der Waals surface area contributed by atoms with Crippen LogP contribution in [0.15, 0.2) is 54.2 Å². The molecule has 0 N–H and O–H groups in total. The van der Waals surface area contributed by atoms with Crippen molar-refractivity contribution in [3.63, 3.8) is 0 Å². The van der Waals surface area contributed by atoms with Crippen LogP contribution in [0.5, 0.6) is 5.75 Å². The molecule has 5 nitrogen and oxygen atoms in total. The Kier molecular flexibility index (Phi) is 6.07. The Bertz CT molecular complexity index is 1020. The zero-order valence-electron chi connectivity index (χ0n) is 17.9. The number of ether oxygens (including phenoxy) is 1. The molecule has 0 bridgehead atoms. The fourth-order valence-corrected chi connectivity index (χ4v) is 4.25. The van der Waals surface area contributed by atoms with E-state index in [0.29, 0.717) is 47.3 Å². The summed E-state index contributed by atoms with van der Waals surface area (Å²) < 4.78 is 19.2. The normalized spacial score (nSPS) is 19.4. The number of carbonyl (C=O) groups excluding carboxylic acids is 2. The third-order valence-corrected chi connectivity index (χ3v) is 5.71. The molecule has 4 rings (SSSR count). The van der Waals surface area contributed by atoms with E-state index in [4.69, 9.17) is 4.74 Å². The number of nitrogens with zero attached hydrogens (tertiary/aromatic N) is 2. The Morgan fingerprint density at radius 2 is 1.87 bits per heavy atom. The molecule has 1 fully saturated rings. The molecule has 2 amide bonds. The monoisotopic (exact) mass is 422 g/mol. The second-order valence-corrected chi connectivity index (χ2v) is 8.22. The van der Waals surface area contributed by atoms with E-state index in [2.05, 4.69) is 6.92 Å². The molecule has 0 aliphatic carbocycles. The number of carbonyl (C=O) groups is 2. The van der Waals surface area contributed by atoms with E-state index in [1.54, 1.807) is 30.3 Å². The number of likely N-dealkylation sites (tertiary alicyclic amines) is 1. The van der Waals surface area contributed by atoms with Crippen molar-refractivity contribution in [1.29, 1.82) is 0 Å². The minimum absolute atomic E-state index is 0.332. The lowest BCUT2D eigenvalue weighted by atomic mass is 9.98. The molecular formula is C25H27FN2O3. The highest BCUT2D eigenvalue weighted by molar-refractivity contribution is 6.45. The van der Waals surface area contributed by atoms with Crippen LogP contribution in [0.25, 0.3) is 5.57 Å². The highest BCUT2D eigenvalue weighted by Gasteiger charge is 2.43. The topological polar surface area (TPSA) is 49.9 Å². The van der Waals surface area contributed by atoms with Crippen LogP contribution in [0, 0.1) is 11.7 Å². The van der Waals surface area contributed by atoms with Gasteiger partial charge in [0, 0.05) is 19.2 Å². The van der Waals surface area contributed by atoms with Gasteiger partial charge in [0.05, 0.1) is 17.9 Å². The number of piperidine rings is 1. The van der Waals surface area contributed by atoms with Crippen LogP contribution in [-0.2, 0) is 9.59 Å². The molecule has 1 atom stereocenters. The molecule has 2 aliphatic rings. The Balaban J connectivity index is 1.76. The molecule has 31 heavy (non-hydrogen) atoms. The Morgan fingerprint density at radius 1 is 1.10 bits per heavy atom. The third-order valence-electron chi connectivity index (χ3n) is 5.71. The summed E-state index contributed by atoms with van der Waals surface area (Å²) in [5.41, 5.74) is 1.76. The van der Waals surface area contributed by atoms with Gasteiger partial charge in [0.25, 0.3) is 11.8 Å². The number of amides is 2. The van der Waals surface area contributed by atoms with Gasteiger partial charge in [-0.05, 0) is 55.0 Å². The summed E-state index contributed by atoms with van der Waals surface area (Å²) in [5, 5.41) is 0. The fraction of sp³-hybridized carbons (Fsp3) is 0.360. The first-order chi connectivity index (χ1) is 15.0. The Labute approximate surface area is 182 Å². The van der Waals surface area contributed by atoms with Gasteiger partial charge in [-0.2, -0.15) is 0 Å². The number of hydrogen-bond donors (Lipinski definition) is 0. The summed E-state index contributed by atoms with van der Waals surface area (Å²) in [4.78, 5) is 30.4. The van der Waals surface area contributed by atoms with Crippen molar-refractivity contribution in [3.8, 4) is 5.75 Å². The minimum atomic E-state index is -0.391. The number of anilines is 1. The molecule has 0 radical (unpaired) electrons. The molecule has 1 saturated heterocycles. The number of halogens is 1. The maximum absolute atomic E-state index is 13.6. The number of benzene rings is 2. The molecule has 2 heterocycles. The summed E-state index contributed by atoms with van der Waals surface area (Å²) in [6.07, 6.45) is 2.92. The molecular weight excluding hydrogens is 395 g/mol. The van der Waals surface area contributed by atoms with Gasteiger partial charge in [0.1, 0.15) is 17.3 Å². The quantitative estimate of drug-likeness (QED) is 0.637. The van der Waals surface area contributed by atoms with E-state index in [-0.39, 0.29) is 11.7 Å². The van der Waals surface area contributed by atoms with E-state index in [1.807, 2.05) is 17.9 Å². The zero-order chi connectivity index (χ0) is 22.0.